The summed E-state index contributed by atoms with van der Waals surface area (Å²) in [6.45, 7) is 0.555. The van der Waals surface area contributed by atoms with Crippen molar-refractivity contribution in [2.75, 3.05) is 11.9 Å². The number of nitrogens with zero attached hydrogens (tertiary/aromatic N) is 2. The molecule has 0 aliphatic rings. The Kier molecular flexibility index (Phi) is 4.76. The van der Waals surface area contributed by atoms with Crippen LogP contribution >= 0.6 is 23.2 Å². The minimum Gasteiger partial charge on any atom is -0.476 e. The zero-order valence-electron chi connectivity index (χ0n) is 10.3. The third-order valence-corrected chi connectivity index (χ3v) is 3.16. The fourth-order valence-corrected chi connectivity index (χ4v) is 2.11. The molecule has 0 unspecified atom stereocenters. The molecule has 0 bridgehead atoms. The summed E-state index contributed by atoms with van der Waals surface area (Å²) >= 11 is 11.9. The van der Waals surface area contributed by atoms with Crippen LogP contribution in [0.3, 0.4) is 0 Å². The molecular formula is C13H11Cl2N3O2. The molecule has 2 aromatic rings. The number of nitrogens with one attached hydrogen (secondary N) is 1. The van der Waals surface area contributed by atoms with Gasteiger partial charge in [-0.25, -0.2) is 9.78 Å². The highest BCUT2D eigenvalue weighted by atomic mass is 35.5. The van der Waals surface area contributed by atoms with Crippen LogP contribution in [0.25, 0.3) is 0 Å². The Labute approximate surface area is 125 Å². The van der Waals surface area contributed by atoms with E-state index in [2.05, 4.69) is 15.3 Å². The first-order valence-electron chi connectivity index (χ1n) is 5.79. The van der Waals surface area contributed by atoms with Gasteiger partial charge in [0.25, 0.3) is 0 Å². The monoisotopic (exact) mass is 311 g/mol. The molecule has 104 valence electrons. The zero-order chi connectivity index (χ0) is 14.5. The van der Waals surface area contributed by atoms with Crippen LogP contribution in [0.4, 0.5) is 5.82 Å². The van der Waals surface area contributed by atoms with E-state index in [-0.39, 0.29) is 5.69 Å². The highest BCUT2D eigenvalue weighted by molar-refractivity contribution is 6.35. The lowest BCUT2D eigenvalue weighted by atomic mass is 10.1. The molecule has 0 radical (unpaired) electrons. The number of hydrogen-bond acceptors (Lipinski definition) is 4. The van der Waals surface area contributed by atoms with Gasteiger partial charge >= 0.3 is 5.97 Å². The fraction of sp³-hybridized carbons (Fsp3) is 0.154. The number of aromatic carboxylic acids is 1. The molecule has 7 heteroatoms. The summed E-state index contributed by atoms with van der Waals surface area (Å²) in [6.07, 6.45) is 3.33. The Morgan fingerprint density at radius 2 is 2.10 bits per heavy atom. The minimum atomic E-state index is -1.11. The summed E-state index contributed by atoms with van der Waals surface area (Å²) < 4.78 is 0. The van der Waals surface area contributed by atoms with E-state index in [0.29, 0.717) is 28.8 Å². The van der Waals surface area contributed by atoms with Crippen LogP contribution in [0.15, 0.2) is 30.6 Å². The molecule has 0 saturated carbocycles. The predicted molar refractivity (Wildman–Crippen MR) is 77.6 cm³/mol. The lowest BCUT2D eigenvalue weighted by Crippen LogP contribution is -2.09. The van der Waals surface area contributed by atoms with Gasteiger partial charge in [0.15, 0.2) is 5.69 Å². The van der Waals surface area contributed by atoms with Gasteiger partial charge in [0.05, 0.1) is 12.4 Å². The summed E-state index contributed by atoms with van der Waals surface area (Å²) in [5, 5.41) is 13.0. The molecular weight excluding hydrogens is 301 g/mol. The number of carboxylic acids is 1. The maximum atomic E-state index is 10.8. The van der Waals surface area contributed by atoms with Crippen LogP contribution < -0.4 is 5.32 Å². The van der Waals surface area contributed by atoms with E-state index >= 15 is 0 Å². The third kappa shape index (κ3) is 3.82. The Bertz CT molecular complexity index is 635. The molecule has 0 spiro atoms. The highest BCUT2D eigenvalue weighted by Crippen LogP contribution is 2.21. The second-order valence-corrected chi connectivity index (χ2v) is 4.85. The van der Waals surface area contributed by atoms with E-state index in [1.807, 2.05) is 6.07 Å². The number of hydrogen-bond donors (Lipinski definition) is 2. The first-order chi connectivity index (χ1) is 9.56. The van der Waals surface area contributed by atoms with Gasteiger partial charge in [-0.2, -0.15) is 0 Å². The number of anilines is 1. The fourth-order valence-electron chi connectivity index (χ4n) is 1.60. The average Bonchev–Trinajstić information content (AvgIpc) is 2.41. The van der Waals surface area contributed by atoms with Gasteiger partial charge < -0.3 is 10.4 Å². The van der Waals surface area contributed by atoms with Gasteiger partial charge in [-0.1, -0.05) is 29.3 Å². The standard InChI is InChI=1S/C13H11Cl2N3O2/c14-9-2-1-8(10(15)5-9)3-4-17-12-7-16-6-11(18-12)13(19)20/h1-2,5-7H,3-4H2,(H,17,18)(H,19,20). The first kappa shape index (κ1) is 14.6. The van der Waals surface area contributed by atoms with E-state index in [0.717, 1.165) is 5.56 Å². The lowest BCUT2D eigenvalue weighted by Gasteiger charge is -2.07. The van der Waals surface area contributed by atoms with Gasteiger partial charge in [-0.3, -0.25) is 4.98 Å². The number of halogens is 2. The number of carboxylic acid groups (broad SMARTS) is 1. The van der Waals surface area contributed by atoms with Gasteiger partial charge in [0.2, 0.25) is 0 Å². The largest absolute Gasteiger partial charge is 0.476 e. The highest BCUT2D eigenvalue weighted by Gasteiger charge is 2.06. The molecule has 2 rings (SSSR count). The Morgan fingerprint density at radius 3 is 2.80 bits per heavy atom. The number of benzene rings is 1. The molecule has 1 aromatic carbocycles. The van der Waals surface area contributed by atoms with E-state index in [4.69, 9.17) is 28.3 Å². The maximum absolute atomic E-state index is 10.8. The van der Waals surface area contributed by atoms with Crippen molar-refractivity contribution < 1.29 is 9.90 Å². The summed E-state index contributed by atoms with van der Waals surface area (Å²) in [7, 11) is 0. The van der Waals surface area contributed by atoms with E-state index in [1.165, 1.54) is 12.4 Å². The van der Waals surface area contributed by atoms with Gasteiger partial charge in [0, 0.05) is 16.6 Å². The summed E-state index contributed by atoms with van der Waals surface area (Å²) in [4.78, 5) is 18.5. The van der Waals surface area contributed by atoms with Crippen LogP contribution in [0.5, 0.6) is 0 Å². The van der Waals surface area contributed by atoms with Crippen molar-refractivity contribution in [1.29, 1.82) is 0 Å². The molecule has 5 nitrogen and oxygen atoms in total. The molecule has 0 aliphatic carbocycles. The third-order valence-electron chi connectivity index (χ3n) is 2.57. The van der Waals surface area contributed by atoms with Crippen molar-refractivity contribution >= 4 is 35.0 Å². The van der Waals surface area contributed by atoms with E-state index < -0.39 is 5.97 Å². The quantitative estimate of drug-likeness (QED) is 0.887. The average molecular weight is 312 g/mol. The number of aromatic nitrogens is 2. The van der Waals surface area contributed by atoms with Crippen molar-refractivity contribution in [3.05, 3.63) is 51.9 Å². The molecule has 2 N–H and O–H groups in total. The molecule has 20 heavy (non-hydrogen) atoms. The first-order valence-corrected chi connectivity index (χ1v) is 6.55. The smallest absolute Gasteiger partial charge is 0.356 e. The maximum Gasteiger partial charge on any atom is 0.356 e. The summed E-state index contributed by atoms with van der Waals surface area (Å²) in [5.74, 6) is -0.697. The van der Waals surface area contributed by atoms with Gasteiger partial charge in [0.1, 0.15) is 5.82 Å². The minimum absolute atomic E-state index is 0.0977. The van der Waals surface area contributed by atoms with Crippen molar-refractivity contribution in [3.8, 4) is 0 Å². The lowest BCUT2D eigenvalue weighted by molar-refractivity contribution is 0.0690. The van der Waals surface area contributed by atoms with Crippen LogP contribution in [0.1, 0.15) is 16.1 Å². The molecule has 0 amide bonds. The summed E-state index contributed by atoms with van der Waals surface area (Å²) in [5.41, 5.74) is 0.852. The molecule has 0 aliphatic heterocycles. The normalized spacial score (nSPS) is 10.3. The van der Waals surface area contributed by atoms with Gasteiger partial charge in [-0.05, 0) is 24.1 Å². The number of rotatable bonds is 5. The Balaban J connectivity index is 1.96. The van der Waals surface area contributed by atoms with Crippen molar-refractivity contribution in [2.24, 2.45) is 0 Å². The van der Waals surface area contributed by atoms with Crippen LogP contribution in [-0.4, -0.2) is 27.6 Å². The molecule has 0 fully saturated rings. The van der Waals surface area contributed by atoms with Crippen LogP contribution in [0.2, 0.25) is 10.0 Å². The van der Waals surface area contributed by atoms with E-state index in [1.54, 1.807) is 12.1 Å². The SMILES string of the molecule is O=C(O)c1cncc(NCCc2ccc(Cl)cc2Cl)n1. The van der Waals surface area contributed by atoms with Crippen molar-refractivity contribution in [1.82, 2.24) is 9.97 Å². The molecule has 0 saturated heterocycles. The summed E-state index contributed by atoms with van der Waals surface area (Å²) in [6, 6.07) is 5.31. The second kappa shape index (κ2) is 6.54. The van der Waals surface area contributed by atoms with Crippen molar-refractivity contribution in [3.63, 3.8) is 0 Å². The van der Waals surface area contributed by atoms with Gasteiger partial charge in [-0.15, -0.1) is 0 Å². The molecule has 1 heterocycles. The molecule has 0 atom stereocenters. The Hall–Kier alpha value is -1.85. The van der Waals surface area contributed by atoms with E-state index in [9.17, 15) is 4.79 Å². The second-order valence-electron chi connectivity index (χ2n) is 4.01. The number of carbonyl (C=O) groups is 1. The topological polar surface area (TPSA) is 75.1 Å². The van der Waals surface area contributed by atoms with Crippen LogP contribution in [-0.2, 0) is 6.42 Å². The Morgan fingerprint density at radius 1 is 1.30 bits per heavy atom. The van der Waals surface area contributed by atoms with Crippen molar-refractivity contribution in [2.45, 2.75) is 6.42 Å². The molecule has 1 aromatic heterocycles. The predicted octanol–water partition coefficient (Wildman–Crippen LogP) is 3.14. The van der Waals surface area contributed by atoms with Crippen LogP contribution in [0, 0.1) is 0 Å². The zero-order valence-corrected chi connectivity index (χ0v) is 11.8.